The Morgan fingerprint density at radius 1 is 1.05 bits per heavy atom. The number of amides is 1. The fourth-order valence-electron chi connectivity index (χ4n) is 1.73. The molecule has 0 heterocycles. The van der Waals surface area contributed by atoms with Crippen LogP contribution in [0.1, 0.15) is 0 Å². The number of hydrogen-bond donors (Lipinski definition) is 0. The van der Waals surface area contributed by atoms with Crippen molar-refractivity contribution in [3.8, 4) is 23.5 Å². The number of carbonyl (C=O) groups is 1. The molecule has 1 amide bonds. The highest BCUT2D eigenvalue weighted by molar-refractivity contribution is 6.30. The maximum absolute atomic E-state index is 11.4. The van der Waals surface area contributed by atoms with Gasteiger partial charge in [-0.15, -0.1) is 6.42 Å². The first-order chi connectivity index (χ1) is 9.11. The van der Waals surface area contributed by atoms with Crippen LogP contribution in [0.15, 0.2) is 48.5 Å². The lowest BCUT2D eigenvalue weighted by Gasteiger charge is -2.14. The Balaban J connectivity index is 2.26. The number of terminal acetylenes is 1. The van der Waals surface area contributed by atoms with Gasteiger partial charge in [-0.3, -0.25) is 4.79 Å². The van der Waals surface area contributed by atoms with E-state index in [9.17, 15) is 4.79 Å². The van der Waals surface area contributed by atoms with Gasteiger partial charge in [-0.1, -0.05) is 35.9 Å². The molecule has 0 bridgehead atoms. The molecule has 0 aliphatic rings. The average Bonchev–Trinajstić information content (AvgIpc) is 2.46. The van der Waals surface area contributed by atoms with Crippen LogP contribution in [0, 0.1) is 12.3 Å². The minimum Gasteiger partial charge on any atom is -0.305 e. The molecule has 2 aromatic rings. The van der Waals surface area contributed by atoms with Crippen molar-refractivity contribution < 1.29 is 4.79 Å². The van der Waals surface area contributed by atoms with Crippen molar-refractivity contribution in [3.63, 3.8) is 0 Å². The summed E-state index contributed by atoms with van der Waals surface area (Å²) in [4.78, 5) is 12.8. The van der Waals surface area contributed by atoms with Crippen molar-refractivity contribution in [1.82, 2.24) is 0 Å². The lowest BCUT2D eigenvalue weighted by Crippen LogP contribution is -2.24. The Labute approximate surface area is 117 Å². The monoisotopic (exact) mass is 269 g/mol. The SMILES string of the molecule is C#CC(=O)N(C)c1ccc(-c2ccc(Cl)cc2)cc1. The van der Waals surface area contributed by atoms with Crippen LogP contribution in [0.3, 0.4) is 0 Å². The summed E-state index contributed by atoms with van der Waals surface area (Å²) in [6.45, 7) is 0. The molecule has 0 aromatic heterocycles. The van der Waals surface area contributed by atoms with E-state index in [0.717, 1.165) is 16.8 Å². The molecule has 0 atom stereocenters. The molecule has 0 fully saturated rings. The Morgan fingerprint density at radius 3 is 2.00 bits per heavy atom. The summed E-state index contributed by atoms with van der Waals surface area (Å²) < 4.78 is 0. The van der Waals surface area contributed by atoms with E-state index in [1.54, 1.807) is 7.05 Å². The number of anilines is 1. The molecule has 19 heavy (non-hydrogen) atoms. The Kier molecular flexibility index (Phi) is 3.89. The number of benzene rings is 2. The Bertz CT molecular complexity index is 623. The van der Waals surface area contributed by atoms with Crippen molar-refractivity contribution in [3.05, 3.63) is 53.6 Å². The van der Waals surface area contributed by atoms with Crippen molar-refractivity contribution in [2.75, 3.05) is 11.9 Å². The van der Waals surface area contributed by atoms with Crippen LogP contribution < -0.4 is 4.90 Å². The van der Waals surface area contributed by atoms with Gasteiger partial charge in [0.2, 0.25) is 0 Å². The molecule has 2 nitrogen and oxygen atoms in total. The molecule has 0 saturated carbocycles. The lowest BCUT2D eigenvalue weighted by molar-refractivity contribution is -0.113. The zero-order valence-electron chi connectivity index (χ0n) is 10.4. The highest BCUT2D eigenvalue weighted by Gasteiger charge is 2.07. The molecule has 0 N–H and O–H groups in total. The van der Waals surface area contributed by atoms with Crippen LogP contribution >= 0.6 is 11.6 Å². The topological polar surface area (TPSA) is 20.3 Å². The molecule has 0 unspecified atom stereocenters. The van der Waals surface area contributed by atoms with Crippen LogP contribution in [0.4, 0.5) is 5.69 Å². The number of nitrogens with zero attached hydrogens (tertiary/aromatic N) is 1. The number of hydrogen-bond acceptors (Lipinski definition) is 1. The van der Waals surface area contributed by atoms with Gasteiger partial charge in [-0.2, -0.15) is 0 Å². The van der Waals surface area contributed by atoms with Crippen LogP contribution in [-0.4, -0.2) is 13.0 Å². The van der Waals surface area contributed by atoms with Gasteiger partial charge in [0, 0.05) is 17.8 Å². The van der Waals surface area contributed by atoms with Crippen molar-refractivity contribution in [2.24, 2.45) is 0 Å². The molecule has 0 aliphatic carbocycles. The van der Waals surface area contributed by atoms with Gasteiger partial charge in [0.05, 0.1) is 0 Å². The molecule has 0 saturated heterocycles. The maximum atomic E-state index is 11.4. The molecule has 3 heteroatoms. The Morgan fingerprint density at radius 2 is 1.53 bits per heavy atom. The van der Waals surface area contributed by atoms with Gasteiger partial charge >= 0.3 is 5.91 Å². The maximum Gasteiger partial charge on any atom is 0.302 e. The highest BCUT2D eigenvalue weighted by Crippen LogP contribution is 2.24. The van der Waals surface area contributed by atoms with Gasteiger partial charge in [0.25, 0.3) is 0 Å². The minimum atomic E-state index is -0.362. The third-order valence-electron chi connectivity index (χ3n) is 2.86. The van der Waals surface area contributed by atoms with E-state index in [4.69, 9.17) is 18.0 Å². The second-order valence-corrected chi connectivity index (χ2v) is 4.50. The summed E-state index contributed by atoms with van der Waals surface area (Å²) in [6.07, 6.45) is 5.09. The summed E-state index contributed by atoms with van der Waals surface area (Å²) in [7, 11) is 1.65. The normalized spacial score (nSPS) is 9.74. The molecule has 0 aliphatic heterocycles. The van der Waals surface area contributed by atoms with Crippen LogP contribution in [0.5, 0.6) is 0 Å². The van der Waals surface area contributed by atoms with Gasteiger partial charge in [0.1, 0.15) is 0 Å². The highest BCUT2D eigenvalue weighted by atomic mass is 35.5. The van der Waals surface area contributed by atoms with Crippen LogP contribution in [0.2, 0.25) is 5.02 Å². The zero-order valence-corrected chi connectivity index (χ0v) is 11.2. The van der Waals surface area contributed by atoms with Crippen molar-refractivity contribution in [2.45, 2.75) is 0 Å². The number of rotatable bonds is 2. The Hall–Kier alpha value is -2.24. The summed E-state index contributed by atoms with van der Waals surface area (Å²) >= 11 is 5.85. The van der Waals surface area contributed by atoms with E-state index in [1.807, 2.05) is 48.5 Å². The fraction of sp³-hybridized carbons (Fsp3) is 0.0625. The second kappa shape index (κ2) is 5.60. The van der Waals surface area contributed by atoms with E-state index < -0.39 is 0 Å². The van der Waals surface area contributed by atoms with E-state index in [0.29, 0.717) is 5.02 Å². The molecule has 2 aromatic carbocycles. The third-order valence-corrected chi connectivity index (χ3v) is 3.11. The van der Waals surface area contributed by atoms with E-state index in [2.05, 4.69) is 5.92 Å². The molecule has 94 valence electrons. The van der Waals surface area contributed by atoms with Crippen LogP contribution in [-0.2, 0) is 4.79 Å². The summed E-state index contributed by atoms with van der Waals surface area (Å²) in [6, 6.07) is 15.2. The molecular formula is C16H12ClNO. The van der Waals surface area contributed by atoms with Crippen molar-refractivity contribution in [1.29, 1.82) is 0 Å². The predicted molar refractivity (Wildman–Crippen MR) is 79.1 cm³/mol. The van der Waals surface area contributed by atoms with Gasteiger partial charge < -0.3 is 4.90 Å². The predicted octanol–water partition coefficient (Wildman–Crippen LogP) is 3.60. The first-order valence-electron chi connectivity index (χ1n) is 5.72. The zero-order chi connectivity index (χ0) is 13.8. The standard InChI is InChI=1S/C16H12ClNO/c1-3-16(19)18(2)15-10-6-13(7-11-15)12-4-8-14(17)9-5-12/h1,4-11H,2H3. The fourth-order valence-corrected chi connectivity index (χ4v) is 1.86. The average molecular weight is 270 g/mol. The molecule has 2 rings (SSSR count). The van der Waals surface area contributed by atoms with Gasteiger partial charge in [-0.05, 0) is 41.3 Å². The first kappa shape index (κ1) is 13.2. The van der Waals surface area contributed by atoms with Gasteiger partial charge in [0.15, 0.2) is 0 Å². The summed E-state index contributed by atoms with van der Waals surface area (Å²) in [5, 5.41) is 0.708. The van der Waals surface area contributed by atoms with Crippen LogP contribution in [0.25, 0.3) is 11.1 Å². The quantitative estimate of drug-likeness (QED) is 0.763. The minimum absolute atomic E-state index is 0.362. The largest absolute Gasteiger partial charge is 0.305 e. The van der Waals surface area contributed by atoms with Crippen molar-refractivity contribution >= 4 is 23.2 Å². The first-order valence-corrected chi connectivity index (χ1v) is 6.10. The summed E-state index contributed by atoms with van der Waals surface area (Å²) in [5.41, 5.74) is 2.89. The van der Waals surface area contributed by atoms with Gasteiger partial charge in [-0.25, -0.2) is 0 Å². The lowest BCUT2D eigenvalue weighted by atomic mass is 10.1. The molecule has 0 spiro atoms. The second-order valence-electron chi connectivity index (χ2n) is 4.06. The number of halogens is 1. The molecular weight excluding hydrogens is 258 g/mol. The third kappa shape index (κ3) is 2.96. The molecule has 0 radical (unpaired) electrons. The number of carbonyl (C=O) groups excluding carboxylic acids is 1. The van der Waals surface area contributed by atoms with E-state index in [-0.39, 0.29) is 5.91 Å². The smallest absolute Gasteiger partial charge is 0.302 e. The summed E-state index contributed by atoms with van der Waals surface area (Å²) in [5.74, 6) is 1.73. The van der Waals surface area contributed by atoms with E-state index in [1.165, 1.54) is 4.90 Å². The van der Waals surface area contributed by atoms with E-state index >= 15 is 0 Å².